The van der Waals surface area contributed by atoms with Crippen molar-refractivity contribution in [2.24, 2.45) is 10.9 Å². The van der Waals surface area contributed by atoms with Crippen LogP contribution in [0.5, 0.6) is 0 Å². The molecular formula is C20H30IN3O2S. The van der Waals surface area contributed by atoms with E-state index in [0.717, 1.165) is 63.3 Å². The molecule has 0 bridgehead atoms. The van der Waals surface area contributed by atoms with Crippen molar-refractivity contribution in [1.82, 2.24) is 10.2 Å². The Morgan fingerprint density at radius 2 is 2.22 bits per heavy atom. The van der Waals surface area contributed by atoms with Gasteiger partial charge in [0.2, 0.25) is 0 Å². The van der Waals surface area contributed by atoms with Crippen molar-refractivity contribution < 1.29 is 9.15 Å². The number of halogens is 1. The molecule has 1 aliphatic carbocycles. The van der Waals surface area contributed by atoms with E-state index in [1.165, 1.54) is 17.7 Å². The summed E-state index contributed by atoms with van der Waals surface area (Å²) in [6, 6.07) is 8.19. The van der Waals surface area contributed by atoms with E-state index in [9.17, 15) is 0 Å². The van der Waals surface area contributed by atoms with E-state index in [4.69, 9.17) is 14.1 Å². The van der Waals surface area contributed by atoms with Crippen LogP contribution in [0.15, 0.2) is 45.3 Å². The van der Waals surface area contributed by atoms with E-state index in [0.29, 0.717) is 0 Å². The molecule has 0 amide bonds. The Morgan fingerprint density at radius 1 is 1.33 bits per heavy atom. The Kier molecular flexibility index (Phi) is 10.2. The molecular weight excluding hydrogens is 473 g/mol. The van der Waals surface area contributed by atoms with Gasteiger partial charge in [-0.1, -0.05) is 6.07 Å². The highest BCUT2D eigenvalue weighted by molar-refractivity contribution is 14.0. The van der Waals surface area contributed by atoms with Crippen LogP contribution < -0.4 is 5.32 Å². The molecule has 0 spiro atoms. The standard InChI is InChI=1S/C20H29N3O2S.HI/c1-23(12-14-24-16-17-6-7-17)20(21-10-8-18-4-2-13-25-18)22-11-9-19-5-3-15-26-19;/h2-5,13,15,17H,6-12,14,16H2,1H3,(H,21,22);1H. The van der Waals surface area contributed by atoms with Crippen LogP contribution in [0.2, 0.25) is 0 Å². The maximum atomic E-state index is 5.77. The second kappa shape index (κ2) is 12.4. The average Bonchev–Trinajstić information content (AvgIpc) is 3.10. The second-order valence-corrected chi connectivity index (χ2v) is 7.76. The monoisotopic (exact) mass is 503 g/mol. The topological polar surface area (TPSA) is 50.0 Å². The number of thiophene rings is 1. The number of nitrogens with zero attached hydrogens (tertiary/aromatic N) is 2. The molecule has 27 heavy (non-hydrogen) atoms. The Morgan fingerprint density at radius 3 is 2.93 bits per heavy atom. The fourth-order valence-corrected chi connectivity index (χ4v) is 3.33. The Labute approximate surface area is 183 Å². The number of furan rings is 1. The Hall–Kier alpha value is -1.06. The van der Waals surface area contributed by atoms with E-state index in [1.807, 2.05) is 12.1 Å². The molecule has 1 N–H and O–H groups in total. The van der Waals surface area contributed by atoms with Crippen LogP contribution in [0, 0.1) is 5.92 Å². The van der Waals surface area contributed by atoms with Gasteiger partial charge in [0.25, 0.3) is 0 Å². The summed E-state index contributed by atoms with van der Waals surface area (Å²) in [7, 11) is 2.07. The second-order valence-electron chi connectivity index (χ2n) is 6.73. The number of ether oxygens (including phenoxy) is 1. The van der Waals surface area contributed by atoms with E-state index in [1.54, 1.807) is 17.6 Å². The van der Waals surface area contributed by atoms with E-state index in [2.05, 4.69) is 34.8 Å². The lowest BCUT2D eigenvalue weighted by molar-refractivity contribution is 0.115. The molecule has 2 aromatic heterocycles. The maximum absolute atomic E-state index is 5.77. The van der Waals surface area contributed by atoms with Crippen LogP contribution in [-0.4, -0.2) is 50.8 Å². The van der Waals surface area contributed by atoms with Crippen LogP contribution in [0.4, 0.5) is 0 Å². The van der Waals surface area contributed by atoms with Crippen molar-refractivity contribution in [1.29, 1.82) is 0 Å². The van der Waals surface area contributed by atoms with Crippen LogP contribution in [0.1, 0.15) is 23.5 Å². The predicted octanol–water partition coefficient (Wildman–Crippen LogP) is 4.05. The number of hydrogen-bond acceptors (Lipinski definition) is 4. The van der Waals surface area contributed by atoms with Gasteiger partial charge in [-0.25, -0.2) is 0 Å². The third-order valence-electron chi connectivity index (χ3n) is 4.42. The molecule has 2 heterocycles. The van der Waals surface area contributed by atoms with Crippen LogP contribution in [0.25, 0.3) is 0 Å². The van der Waals surface area contributed by atoms with E-state index < -0.39 is 0 Å². The van der Waals surface area contributed by atoms with Crippen molar-refractivity contribution in [2.45, 2.75) is 25.7 Å². The third kappa shape index (κ3) is 8.66. The summed E-state index contributed by atoms with van der Waals surface area (Å²) < 4.78 is 11.2. The highest BCUT2D eigenvalue weighted by Gasteiger charge is 2.21. The van der Waals surface area contributed by atoms with Gasteiger partial charge in [0.15, 0.2) is 5.96 Å². The Bertz CT molecular complexity index is 642. The summed E-state index contributed by atoms with van der Waals surface area (Å²) >= 11 is 1.79. The molecule has 3 rings (SSSR count). The first-order valence-electron chi connectivity index (χ1n) is 9.43. The van der Waals surface area contributed by atoms with Gasteiger partial charge in [-0.15, -0.1) is 35.3 Å². The van der Waals surface area contributed by atoms with Crippen molar-refractivity contribution in [3.8, 4) is 0 Å². The predicted molar refractivity (Wildman–Crippen MR) is 122 cm³/mol. The van der Waals surface area contributed by atoms with Gasteiger partial charge in [-0.05, 0) is 42.3 Å². The highest BCUT2D eigenvalue weighted by atomic mass is 127. The lowest BCUT2D eigenvalue weighted by Crippen LogP contribution is -2.41. The first kappa shape index (κ1) is 22.2. The van der Waals surface area contributed by atoms with Crippen molar-refractivity contribution >= 4 is 41.3 Å². The smallest absolute Gasteiger partial charge is 0.193 e. The van der Waals surface area contributed by atoms with Crippen molar-refractivity contribution in [3.63, 3.8) is 0 Å². The molecule has 1 saturated carbocycles. The molecule has 0 radical (unpaired) electrons. The number of likely N-dealkylation sites (N-methyl/N-ethyl adjacent to an activating group) is 1. The number of rotatable bonds is 11. The zero-order valence-electron chi connectivity index (χ0n) is 15.9. The normalized spacial score (nSPS) is 14.0. The highest BCUT2D eigenvalue weighted by Crippen LogP contribution is 2.28. The SMILES string of the molecule is CN(CCOCC1CC1)C(=NCCc1cccs1)NCCc1ccco1.I. The van der Waals surface area contributed by atoms with E-state index >= 15 is 0 Å². The first-order valence-corrected chi connectivity index (χ1v) is 10.3. The summed E-state index contributed by atoms with van der Waals surface area (Å²) in [4.78, 5) is 8.33. The molecule has 0 aliphatic heterocycles. The largest absolute Gasteiger partial charge is 0.469 e. The number of aliphatic imine (C=N–C) groups is 1. The van der Waals surface area contributed by atoms with Gasteiger partial charge in [0.1, 0.15) is 5.76 Å². The average molecular weight is 503 g/mol. The van der Waals surface area contributed by atoms with Gasteiger partial charge in [0, 0.05) is 51.0 Å². The molecule has 0 aromatic carbocycles. The van der Waals surface area contributed by atoms with Crippen molar-refractivity contribution in [2.75, 3.05) is 39.9 Å². The molecule has 1 fully saturated rings. The summed E-state index contributed by atoms with van der Waals surface area (Å²) in [5.41, 5.74) is 0. The molecule has 7 heteroatoms. The zero-order chi connectivity index (χ0) is 18.0. The van der Waals surface area contributed by atoms with Gasteiger partial charge < -0.3 is 19.4 Å². The number of guanidine groups is 1. The Balaban J connectivity index is 0.00000261. The lowest BCUT2D eigenvalue weighted by Gasteiger charge is -2.22. The first-order chi connectivity index (χ1) is 12.8. The van der Waals surface area contributed by atoms with Gasteiger partial charge in [-0.3, -0.25) is 4.99 Å². The maximum Gasteiger partial charge on any atom is 0.193 e. The fraction of sp³-hybridized carbons (Fsp3) is 0.550. The van der Waals surface area contributed by atoms with Crippen LogP contribution in [0.3, 0.4) is 0 Å². The van der Waals surface area contributed by atoms with E-state index in [-0.39, 0.29) is 24.0 Å². The van der Waals surface area contributed by atoms with Crippen molar-refractivity contribution in [3.05, 3.63) is 46.5 Å². The lowest BCUT2D eigenvalue weighted by atomic mass is 10.3. The van der Waals surface area contributed by atoms with Gasteiger partial charge in [-0.2, -0.15) is 0 Å². The molecule has 150 valence electrons. The summed E-state index contributed by atoms with van der Waals surface area (Å²) in [5, 5.41) is 5.58. The van der Waals surface area contributed by atoms with Crippen LogP contribution >= 0.6 is 35.3 Å². The minimum absolute atomic E-state index is 0. The molecule has 2 aromatic rings. The quantitative estimate of drug-likeness (QED) is 0.218. The molecule has 0 atom stereocenters. The van der Waals surface area contributed by atoms with Gasteiger partial charge in [0.05, 0.1) is 12.9 Å². The molecule has 0 unspecified atom stereocenters. The fourth-order valence-electron chi connectivity index (χ4n) is 2.63. The summed E-state index contributed by atoms with van der Waals surface area (Å²) in [6.45, 7) is 4.09. The number of nitrogens with one attached hydrogen (secondary N) is 1. The summed E-state index contributed by atoms with van der Waals surface area (Å²) in [6.07, 6.45) is 6.21. The number of hydrogen-bond donors (Lipinski definition) is 1. The third-order valence-corrected chi connectivity index (χ3v) is 5.35. The summed E-state index contributed by atoms with van der Waals surface area (Å²) in [5.74, 6) is 2.74. The minimum Gasteiger partial charge on any atom is -0.469 e. The molecule has 1 aliphatic rings. The minimum atomic E-state index is 0. The van der Waals surface area contributed by atoms with Crippen LogP contribution in [-0.2, 0) is 17.6 Å². The van der Waals surface area contributed by atoms with Gasteiger partial charge >= 0.3 is 0 Å². The molecule has 5 nitrogen and oxygen atoms in total. The molecule has 0 saturated heterocycles. The zero-order valence-corrected chi connectivity index (χ0v) is 19.1.